The van der Waals surface area contributed by atoms with E-state index in [-0.39, 0.29) is 18.0 Å². The van der Waals surface area contributed by atoms with Gasteiger partial charge in [0.2, 0.25) is 0 Å². The molecule has 0 fully saturated rings. The normalized spacial score (nSPS) is 10.4. The molecule has 27 heavy (non-hydrogen) atoms. The number of nitrogens with zero attached hydrogens (tertiary/aromatic N) is 2. The minimum atomic E-state index is -0.556. The van der Waals surface area contributed by atoms with Crippen LogP contribution in [0.4, 0.5) is 5.69 Å². The van der Waals surface area contributed by atoms with Gasteiger partial charge in [-0.1, -0.05) is 0 Å². The van der Waals surface area contributed by atoms with Gasteiger partial charge in [0.25, 0.3) is 5.91 Å². The Bertz CT molecular complexity index is 820. The summed E-state index contributed by atoms with van der Waals surface area (Å²) in [5, 5.41) is 14.7. The third-order valence-electron chi connectivity index (χ3n) is 3.31. The molecule has 142 valence electrons. The highest BCUT2D eigenvalue weighted by atomic mass is 16.6. The number of carbonyl (C=O) groups excluding carboxylic acids is 1. The fraction of sp³-hybridized carbons (Fsp3) is 0.222. The van der Waals surface area contributed by atoms with E-state index in [4.69, 9.17) is 14.2 Å². The van der Waals surface area contributed by atoms with E-state index in [1.165, 1.54) is 25.5 Å². The largest absolute Gasteiger partial charge is 0.494 e. The SMILES string of the molecule is CCOc1ccc(OCC(=O)N/N=C/c2ccc(OC)c([N+](=O)[O-])c2)cc1. The molecule has 0 aliphatic heterocycles. The summed E-state index contributed by atoms with van der Waals surface area (Å²) in [7, 11) is 1.35. The molecule has 9 heteroatoms. The van der Waals surface area contributed by atoms with Crippen LogP contribution in [0.25, 0.3) is 0 Å². The van der Waals surface area contributed by atoms with Crippen molar-refractivity contribution >= 4 is 17.8 Å². The summed E-state index contributed by atoms with van der Waals surface area (Å²) >= 11 is 0. The molecule has 2 rings (SSSR count). The highest BCUT2D eigenvalue weighted by Crippen LogP contribution is 2.26. The Balaban J connectivity index is 1.86. The van der Waals surface area contributed by atoms with E-state index in [9.17, 15) is 14.9 Å². The van der Waals surface area contributed by atoms with Crippen LogP contribution in [0, 0.1) is 10.1 Å². The standard InChI is InChI=1S/C18H19N3O6/c1-3-26-14-5-7-15(8-6-14)27-12-18(22)20-19-11-13-4-9-17(25-2)16(10-13)21(23)24/h4-11H,3,12H2,1-2H3,(H,20,22)/b19-11+. The van der Waals surface area contributed by atoms with Gasteiger partial charge in [0.05, 0.1) is 24.9 Å². The van der Waals surface area contributed by atoms with Gasteiger partial charge < -0.3 is 14.2 Å². The van der Waals surface area contributed by atoms with Gasteiger partial charge in [-0.2, -0.15) is 5.10 Å². The number of hydrogen-bond acceptors (Lipinski definition) is 7. The molecule has 0 bridgehead atoms. The van der Waals surface area contributed by atoms with Crippen LogP contribution >= 0.6 is 0 Å². The third-order valence-corrected chi connectivity index (χ3v) is 3.31. The molecule has 0 aromatic heterocycles. The van der Waals surface area contributed by atoms with E-state index in [1.54, 1.807) is 30.3 Å². The first kappa shape index (κ1) is 19.7. The van der Waals surface area contributed by atoms with Crippen LogP contribution < -0.4 is 19.6 Å². The van der Waals surface area contributed by atoms with Gasteiger partial charge in [0.15, 0.2) is 12.4 Å². The Morgan fingerprint density at radius 1 is 1.19 bits per heavy atom. The molecule has 0 atom stereocenters. The number of benzene rings is 2. The zero-order chi connectivity index (χ0) is 19.6. The maximum atomic E-state index is 11.7. The van der Waals surface area contributed by atoms with Crippen molar-refractivity contribution in [2.75, 3.05) is 20.3 Å². The zero-order valence-electron chi connectivity index (χ0n) is 14.9. The van der Waals surface area contributed by atoms with Crippen LogP contribution in [0.5, 0.6) is 17.2 Å². The van der Waals surface area contributed by atoms with Crippen molar-refractivity contribution in [3.8, 4) is 17.2 Å². The lowest BCUT2D eigenvalue weighted by Crippen LogP contribution is -2.24. The lowest BCUT2D eigenvalue weighted by atomic mass is 10.2. The van der Waals surface area contributed by atoms with Crippen molar-refractivity contribution in [1.29, 1.82) is 0 Å². The second kappa shape index (κ2) is 9.76. The van der Waals surface area contributed by atoms with Crippen LogP contribution in [0.3, 0.4) is 0 Å². The number of nitrogens with one attached hydrogen (secondary N) is 1. The van der Waals surface area contributed by atoms with Crippen molar-refractivity contribution in [1.82, 2.24) is 5.43 Å². The maximum absolute atomic E-state index is 11.7. The lowest BCUT2D eigenvalue weighted by Gasteiger charge is -2.06. The van der Waals surface area contributed by atoms with Gasteiger partial charge in [-0.25, -0.2) is 5.43 Å². The van der Waals surface area contributed by atoms with E-state index in [0.29, 0.717) is 23.7 Å². The van der Waals surface area contributed by atoms with Gasteiger partial charge in [-0.15, -0.1) is 0 Å². The number of hydrazone groups is 1. The molecule has 0 spiro atoms. The van der Waals surface area contributed by atoms with E-state index < -0.39 is 10.8 Å². The summed E-state index contributed by atoms with van der Waals surface area (Å²) in [4.78, 5) is 22.2. The van der Waals surface area contributed by atoms with Crippen LogP contribution in [0.15, 0.2) is 47.6 Å². The molecule has 2 aromatic carbocycles. The van der Waals surface area contributed by atoms with Crippen molar-refractivity contribution in [3.05, 3.63) is 58.1 Å². The summed E-state index contributed by atoms with van der Waals surface area (Å²) in [5.41, 5.74) is 2.54. The number of hydrogen-bond donors (Lipinski definition) is 1. The molecule has 0 saturated heterocycles. The molecule has 0 aliphatic carbocycles. The van der Waals surface area contributed by atoms with E-state index in [2.05, 4.69) is 10.5 Å². The predicted molar refractivity (Wildman–Crippen MR) is 98.5 cm³/mol. The van der Waals surface area contributed by atoms with Crippen LogP contribution in [0.1, 0.15) is 12.5 Å². The quantitative estimate of drug-likeness (QED) is 0.411. The molecule has 2 aromatic rings. The van der Waals surface area contributed by atoms with Crippen LogP contribution in [-0.4, -0.2) is 37.4 Å². The predicted octanol–water partition coefficient (Wildman–Crippen LogP) is 2.53. The number of nitro groups is 1. The maximum Gasteiger partial charge on any atom is 0.311 e. The molecule has 0 radical (unpaired) electrons. The molecular formula is C18H19N3O6. The van der Waals surface area contributed by atoms with E-state index in [0.717, 1.165) is 0 Å². The minimum absolute atomic E-state index is 0.143. The summed E-state index contributed by atoms with van der Waals surface area (Å²) in [6.45, 7) is 2.23. The van der Waals surface area contributed by atoms with E-state index >= 15 is 0 Å². The second-order valence-corrected chi connectivity index (χ2v) is 5.17. The molecule has 0 aliphatic rings. The average molecular weight is 373 g/mol. The highest BCUT2D eigenvalue weighted by Gasteiger charge is 2.14. The topological polar surface area (TPSA) is 112 Å². The smallest absolute Gasteiger partial charge is 0.311 e. The van der Waals surface area contributed by atoms with Gasteiger partial charge in [-0.05, 0) is 43.3 Å². The second-order valence-electron chi connectivity index (χ2n) is 5.17. The monoisotopic (exact) mass is 373 g/mol. The Kier molecular flexibility index (Phi) is 7.12. The zero-order valence-corrected chi connectivity index (χ0v) is 14.9. The molecule has 0 saturated carbocycles. The Morgan fingerprint density at radius 3 is 2.44 bits per heavy atom. The molecule has 9 nitrogen and oxygen atoms in total. The van der Waals surface area contributed by atoms with Gasteiger partial charge in [0.1, 0.15) is 11.5 Å². The number of carbonyl (C=O) groups is 1. The first-order chi connectivity index (χ1) is 13.0. The number of amides is 1. The fourth-order valence-electron chi connectivity index (χ4n) is 2.09. The van der Waals surface area contributed by atoms with Crippen molar-refractivity contribution in [2.45, 2.75) is 6.92 Å². The van der Waals surface area contributed by atoms with Crippen molar-refractivity contribution in [2.24, 2.45) is 5.10 Å². The molecular weight excluding hydrogens is 354 g/mol. The lowest BCUT2D eigenvalue weighted by molar-refractivity contribution is -0.385. The molecule has 0 unspecified atom stereocenters. The average Bonchev–Trinajstić information content (AvgIpc) is 2.67. The Labute approximate surface area is 155 Å². The van der Waals surface area contributed by atoms with Crippen LogP contribution in [0.2, 0.25) is 0 Å². The number of nitro benzene ring substituents is 1. The number of methoxy groups -OCH3 is 1. The Morgan fingerprint density at radius 2 is 1.85 bits per heavy atom. The van der Waals surface area contributed by atoms with Gasteiger partial charge in [-0.3, -0.25) is 14.9 Å². The van der Waals surface area contributed by atoms with Crippen molar-refractivity contribution < 1.29 is 23.9 Å². The van der Waals surface area contributed by atoms with Crippen molar-refractivity contribution in [3.63, 3.8) is 0 Å². The van der Waals surface area contributed by atoms with Crippen LogP contribution in [-0.2, 0) is 4.79 Å². The van der Waals surface area contributed by atoms with Gasteiger partial charge >= 0.3 is 5.69 Å². The third kappa shape index (κ3) is 5.99. The summed E-state index contributed by atoms with van der Waals surface area (Å²) in [5.74, 6) is 0.906. The van der Waals surface area contributed by atoms with E-state index in [1.807, 2.05) is 6.92 Å². The summed E-state index contributed by atoms with van der Waals surface area (Å²) < 4.78 is 15.6. The summed E-state index contributed by atoms with van der Waals surface area (Å²) in [6.07, 6.45) is 1.29. The molecule has 0 heterocycles. The molecule has 1 amide bonds. The number of rotatable bonds is 9. The molecule has 1 N–H and O–H groups in total. The highest BCUT2D eigenvalue weighted by molar-refractivity contribution is 5.84. The Hall–Kier alpha value is -3.62. The number of ether oxygens (including phenoxy) is 3. The summed E-state index contributed by atoms with van der Waals surface area (Å²) in [6, 6.07) is 11.2. The first-order valence-electron chi connectivity index (χ1n) is 8.03. The fourth-order valence-corrected chi connectivity index (χ4v) is 2.09. The first-order valence-corrected chi connectivity index (χ1v) is 8.03. The van der Waals surface area contributed by atoms with Gasteiger partial charge in [0, 0.05) is 11.6 Å². The minimum Gasteiger partial charge on any atom is -0.494 e.